The third kappa shape index (κ3) is 3.32. The van der Waals surface area contributed by atoms with Crippen LogP contribution in [-0.4, -0.2) is 15.9 Å². The van der Waals surface area contributed by atoms with Crippen LogP contribution in [0.4, 0.5) is 0 Å². The Bertz CT molecular complexity index is 913. The normalized spacial score (nSPS) is 10.9. The van der Waals surface area contributed by atoms with Gasteiger partial charge in [-0.05, 0) is 25.0 Å². The van der Waals surface area contributed by atoms with Gasteiger partial charge in [0.2, 0.25) is 5.91 Å². The number of rotatable bonds is 4. The topological polar surface area (TPSA) is 74.8 Å². The summed E-state index contributed by atoms with van der Waals surface area (Å²) < 4.78 is 0. The van der Waals surface area contributed by atoms with Crippen LogP contribution in [0, 0.1) is 13.8 Å². The van der Waals surface area contributed by atoms with Crippen LogP contribution in [0.2, 0.25) is 0 Å². The molecule has 2 N–H and O–H groups in total. The highest BCUT2D eigenvalue weighted by atomic mass is 32.1. The molecular formula is C17H17N3O2S. The average Bonchev–Trinajstić information content (AvgIpc) is 2.81. The van der Waals surface area contributed by atoms with Gasteiger partial charge < -0.3 is 10.3 Å². The van der Waals surface area contributed by atoms with Gasteiger partial charge >= 0.3 is 0 Å². The maximum Gasteiger partial charge on any atom is 0.259 e. The Morgan fingerprint density at radius 1 is 1.26 bits per heavy atom. The van der Waals surface area contributed by atoms with Crippen molar-refractivity contribution >= 4 is 27.5 Å². The lowest BCUT2D eigenvalue weighted by molar-refractivity contribution is -0.120. The maximum atomic E-state index is 12.2. The Hall–Kier alpha value is -2.47. The van der Waals surface area contributed by atoms with E-state index in [1.807, 2.05) is 44.2 Å². The van der Waals surface area contributed by atoms with Gasteiger partial charge in [-0.3, -0.25) is 9.59 Å². The quantitative estimate of drug-likeness (QED) is 0.773. The minimum atomic E-state index is -0.178. The van der Waals surface area contributed by atoms with Crippen LogP contribution >= 0.6 is 11.3 Å². The number of hydrogen-bond donors (Lipinski definition) is 2. The number of aromatic nitrogens is 2. The first-order valence-electron chi connectivity index (χ1n) is 7.34. The minimum Gasteiger partial charge on any atom is -0.352 e. The van der Waals surface area contributed by atoms with Crippen LogP contribution < -0.4 is 10.9 Å². The number of hydrogen-bond acceptors (Lipinski definition) is 4. The summed E-state index contributed by atoms with van der Waals surface area (Å²) in [4.78, 5) is 33.1. The van der Waals surface area contributed by atoms with E-state index in [4.69, 9.17) is 0 Å². The summed E-state index contributed by atoms with van der Waals surface area (Å²) in [5, 5.41) is 3.46. The number of nitrogens with one attached hydrogen (secondary N) is 2. The molecule has 2 aromatic heterocycles. The lowest BCUT2D eigenvalue weighted by Crippen LogP contribution is -2.26. The van der Waals surface area contributed by atoms with Crippen molar-refractivity contribution in [3.8, 4) is 0 Å². The van der Waals surface area contributed by atoms with E-state index in [1.165, 1.54) is 11.3 Å². The Kier molecular flexibility index (Phi) is 4.25. The molecule has 3 aromatic rings. The standard InChI is InChI=1S/C17H17N3O2S/c1-10-11(2)23-17-15(10)16(22)19-13(20-17)8-14(21)18-9-12-6-4-3-5-7-12/h3-7H,8-9H2,1-2H3,(H,18,21)(H,19,20,22). The van der Waals surface area contributed by atoms with Crippen molar-refractivity contribution in [1.82, 2.24) is 15.3 Å². The first-order chi connectivity index (χ1) is 11.0. The van der Waals surface area contributed by atoms with Crippen molar-refractivity contribution in [1.29, 1.82) is 0 Å². The zero-order valence-electron chi connectivity index (χ0n) is 13.0. The van der Waals surface area contributed by atoms with Gasteiger partial charge in [0.1, 0.15) is 10.7 Å². The summed E-state index contributed by atoms with van der Waals surface area (Å²) in [7, 11) is 0. The van der Waals surface area contributed by atoms with E-state index in [2.05, 4.69) is 15.3 Å². The molecule has 118 valence electrons. The summed E-state index contributed by atoms with van der Waals surface area (Å²) >= 11 is 1.48. The lowest BCUT2D eigenvalue weighted by atomic mass is 10.2. The Labute approximate surface area is 137 Å². The third-order valence-corrected chi connectivity index (χ3v) is 4.85. The Morgan fingerprint density at radius 3 is 2.74 bits per heavy atom. The van der Waals surface area contributed by atoms with E-state index >= 15 is 0 Å². The van der Waals surface area contributed by atoms with Crippen LogP contribution in [-0.2, 0) is 17.8 Å². The molecule has 0 unspecified atom stereocenters. The van der Waals surface area contributed by atoms with Crippen molar-refractivity contribution in [3.05, 3.63) is 62.5 Å². The monoisotopic (exact) mass is 327 g/mol. The van der Waals surface area contributed by atoms with Gasteiger partial charge in [-0.2, -0.15) is 0 Å². The smallest absolute Gasteiger partial charge is 0.259 e. The van der Waals surface area contributed by atoms with E-state index < -0.39 is 0 Å². The number of aromatic amines is 1. The molecule has 0 spiro atoms. The van der Waals surface area contributed by atoms with Crippen LogP contribution in [0.15, 0.2) is 35.1 Å². The van der Waals surface area contributed by atoms with E-state index in [0.717, 1.165) is 16.0 Å². The van der Waals surface area contributed by atoms with Crippen LogP contribution in [0.25, 0.3) is 10.2 Å². The zero-order valence-corrected chi connectivity index (χ0v) is 13.8. The number of carbonyl (C=O) groups is 1. The third-order valence-electron chi connectivity index (χ3n) is 3.75. The number of thiophene rings is 1. The highest BCUT2D eigenvalue weighted by molar-refractivity contribution is 7.18. The van der Waals surface area contributed by atoms with Gasteiger partial charge in [0, 0.05) is 11.4 Å². The number of carbonyl (C=O) groups excluding carboxylic acids is 1. The highest BCUT2D eigenvalue weighted by Crippen LogP contribution is 2.25. The number of amides is 1. The van der Waals surface area contributed by atoms with E-state index in [1.54, 1.807) is 0 Å². The average molecular weight is 327 g/mol. The summed E-state index contributed by atoms with van der Waals surface area (Å²) in [6.45, 7) is 4.34. The molecule has 0 aliphatic heterocycles. The second-order valence-corrected chi connectivity index (χ2v) is 6.62. The fourth-order valence-corrected chi connectivity index (χ4v) is 3.44. The minimum absolute atomic E-state index is 0.0635. The first kappa shape index (κ1) is 15.4. The Morgan fingerprint density at radius 2 is 2.00 bits per heavy atom. The molecule has 0 saturated heterocycles. The molecule has 0 fully saturated rings. The molecule has 5 nitrogen and oxygen atoms in total. The second-order valence-electron chi connectivity index (χ2n) is 5.42. The molecular weight excluding hydrogens is 310 g/mol. The highest BCUT2D eigenvalue weighted by Gasteiger charge is 2.13. The number of benzene rings is 1. The van der Waals surface area contributed by atoms with E-state index in [-0.39, 0.29) is 17.9 Å². The summed E-state index contributed by atoms with van der Waals surface area (Å²) in [5.74, 6) is 0.232. The molecule has 0 bridgehead atoms. The lowest BCUT2D eigenvalue weighted by Gasteiger charge is -2.05. The molecule has 0 aliphatic carbocycles. The van der Waals surface area contributed by atoms with Crippen LogP contribution in [0.5, 0.6) is 0 Å². The van der Waals surface area contributed by atoms with E-state index in [0.29, 0.717) is 22.6 Å². The van der Waals surface area contributed by atoms with Crippen LogP contribution in [0.3, 0.4) is 0 Å². The molecule has 0 radical (unpaired) electrons. The fourth-order valence-electron chi connectivity index (χ4n) is 2.39. The molecule has 2 heterocycles. The van der Waals surface area contributed by atoms with Gasteiger partial charge in [-0.15, -0.1) is 11.3 Å². The summed E-state index contributed by atoms with van der Waals surface area (Å²) in [5.41, 5.74) is 1.81. The van der Waals surface area contributed by atoms with Gasteiger partial charge in [0.05, 0.1) is 11.8 Å². The molecule has 0 aliphatic rings. The predicted molar refractivity (Wildman–Crippen MR) is 91.7 cm³/mol. The van der Waals surface area contributed by atoms with E-state index in [9.17, 15) is 9.59 Å². The molecule has 3 rings (SSSR count). The fraction of sp³-hybridized carbons (Fsp3) is 0.235. The second kappa shape index (κ2) is 6.34. The number of H-pyrrole nitrogens is 1. The van der Waals surface area contributed by atoms with Gasteiger partial charge in [0.15, 0.2) is 0 Å². The molecule has 0 saturated carbocycles. The van der Waals surface area contributed by atoms with Crippen molar-refractivity contribution in [2.75, 3.05) is 0 Å². The summed E-state index contributed by atoms with van der Waals surface area (Å²) in [6.07, 6.45) is 0.0635. The molecule has 1 aromatic carbocycles. The largest absolute Gasteiger partial charge is 0.352 e. The predicted octanol–water partition coefficient (Wildman–Crippen LogP) is 2.46. The van der Waals surface area contributed by atoms with Crippen molar-refractivity contribution in [2.45, 2.75) is 26.8 Å². The zero-order chi connectivity index (χ0) is 16.4. The van der Waals surface area contributed by atoms with Crippen molar-refractivity contribution in [3.63, 3.8) is 0 Å². The van der Waals surface area contributed by atoms with Gasteiger partial charge in [-0.1, -0.05) is 30.3 Å². The number of nitrogens with zero attached hydrogens (tertiary/aromatic N) is 1. The first-order valence-corrected chi connectivity index (χ1v) is 8.16. The SMILES string of the molecule is Cc1sc2nc(CC(=O)NCc3ccccc3)[nH]c(=O)c2c1C. The maximum absolute atomic E-state index is 12.2. The van der Waals surface area contributed by atoms with Crippen molar-refractivity contribution in [2.24, 2.45) is 0 Å². The summed E-state index contributed by atoms with van der Waals surface area (Å²) in [6, 6.07) is 9.68. The molecule has 0 atom stereocenters. The number of fused-ring (bicyclic) bond motifs is 1. The number of aryl methyl sites for hydroxylation is 2. The molecule has 23 heavy (non-hydrogen) atoms. The van der Waals surface area contributed by atoms with Gasteiger partial charge in [0.25, 0.3) is 5.56 Å². The molecule has 6 heteroatoms. The molecule has 1 amide bonds. The Balaban J connectivity index is 1.74. The van der Waals surface area contributed by atoms with Crippen LogP contribution in [0.1, 0.15) is 21.8 Å². The van der Waals surface area contributed by atoms with Gasteiger partial charge in [-0.25, -0.2) is 4.98 Å². The van der Waals surface area contributed by atoms with Crippen molar-refractivity contribution < 1.29 is 4.79 Å².